The smallest absolute Gasteiger partial charge is 0.252 e. The van der Waals surface area contributed by atoms with Crippen LogP contribution in [0.2, 0.25) is 0 Å². The lowest BCUT2D eigenvalue weighted by atomic mass is 9.33. The molecule has 12 rings (SSSR count). The maximum atomic E-state index is 6.41. The number of rotatable bonds is 3. The minimum Gasteiger partial charge on any atom is -0.456 e. The molecule has 0 unspecified atom stereocenters. The van der Waals surface area contributed by atoms with Gasteiger partial charge in [-0.15, -0.1) is 0 Å². The second kappa shape index (κ2) is 10.8. The van der Waals surface area contributed by atoms with E-state index in [-0.39, 0.29) is 6.71 Å². The van der Waals surface area contributed by atoms with Crippen LogP contribution in [-0.2, 0) is 0 Å². The minimum atomic E-state index is 0.0707. The van der Waals surface area contributed by atoms with E-state index >= 15 is 0 Å². The molecule has 2 aliphatic heterocycles. The van der Waals surface area contributed by atoms with Crippen molar-refractivity contribution in [2.24, 2.45) is 0 Å². The van der Waals surface area contributed by atoms with Crippen LogP contribution in [0.15, 0.2) is 185 Å². The van der Waals surface area contributed by atoms with Gasteiger partial charge in [-0.25, -0.2) is 0 Å². The average molecular weight is 677 g/mol. The molecular formula is C48H29BN2O2. The first-order valence-corrected chi connectivity index (χ1v) is 18.1. The highest BCUT2D eigenvalue weighted by Crippen LogP contribution is 2.47. The van der Waals surface area contributed by atoms with Crippen molar-refractivity contribution >= 4 is 101 Å². The molecule has 0 fully saturated rings. The molecule has 0 radical (unpaired) electrons. The second-order valence-electron chi connectivity index (χ2n) is 14.0. The summed E-state index contributed by atoms with van der Waals surface area (Å²) in [4.78, 5) is 4.92. The Morgan fingerprint density at radius 1 is 0.358 bits per heavy atom. The van der Waals surface area contributed by atoms with Gasteiger partial charge in [0.05, 0.1) is 11.1 Å². The van der Waals surface area contributed by atoms with Gasteiger partial charge < -0.3 is 18.6 Å². The lowest BCUT2D eigenvalue weighted by Crippen LogP contribution is -2.61. The molecule has 0 N–H and O–H groups in total. The standard InChI is InChI=1S/C48H29BN2O2/c1-7-23-43-33(14-1)35-29-31(26-27-45(35)52-43)30-12-9-13-32(28-30)50-38-18-5-3-16-36(38)49-37-17-4-6-19-39(37)51(42-22-10-21-41(50)48(42)49)40-20-11-25-46-47(40)34-15-2-8-24-44(34)53-46/h1-29H. The Hall–Kier alpha value is -6.98. The van der Waals surface area contributed by atoms with Gasteiger partial charge in [0.2, 0.25) is 0 Å². The molecule has 0 amide bonds. The predicted molar refractivity (Wildman–Crippen MR) is 220 cm³/mol. The fourth-order valence-corrected chi connectivity index (χ4v) is 9.05. The summed E-state index contributed by atoms with van der Waals surface area (Å²) >= 11 is 0. The molecule has 2 aliphatic rings. The Bertz CT molecular complexity index is 3120. The fourth-order valence-electron chi connectivity index (χ4n) is 9.05. The first-order chi connectivity index (χ1) is 26.3. The maximum absolute atomic E-state index is 6.41. The molecule has 0 atom stereocenters. The molecule has 8 aromatic carbocycles. The summed E-state index contributed by atoms with van der Waals surface area (Å²) in [6.45, 7) is 0.0707. The van der Waals surface area contributed by atoms with Crippen molar-refractivity contribution < 1.29 is 8.83 Å². The number of hydrogen-bond donors (Lipinski definition) is 0. The third kappa shape index (κ3) is 4.02. The van der Waals surface area contributed by atoms with E-state index in [4.69, 9.17) is 8.83 Å². The highest BCUT2D eigenvalue weighted by atomic mass is 16.3. The second-order valence-corrected chi connectivity index (χ2v) is 14.0. The Labute approximate surface area is 305 Å². The summed E-state index contributed by atoms with van der Waals surface area (Å²) in [6, 6.07) is 63.2. The Morgan fingerprint density at radius 3 is 1.74 bits per heavy atom. The van der Waals surface area contributed by atoms with Gasteiger partial charge in [-0.1, -0.05) is 103 Å². The van der Waals surface area contributed by atoms with E-state index in [1.165, 1.54) is 39.1 Å². The van der Waals surface area contributed by atoms with Gasteiger partial charge in [-0.05, 0) is 100 Å². The van der Waals surface area contributed by atoms with Gasteiger partial charge in [0.25, 0.3) is 6.71 Å². The number of benzene rings is 8. The van der Waals surface area contributed by atoms with Crippen molar-refractivity contribution in [2.45, 2.75) is 0 Å². The van der Waals surface area contributed by atoms with E-state index in [0.717, 1.165) is 66.4 Å². The number of nitrogens with zero attached hydrogens (tertiary/aromatic N) is 2. The molecule has 0 saturated heterocycles. The maximum Gasteiger partial charge on any atom is 0.252 e. The molecule has 0 spiro atoms. The molecule has 53 heavy (non-hydrogen) atoms. The first-order valence-electron chi connectivity index (χ1n) is 18.1. The summed E-state index contributed by atoms with van der Waals surface area (Å²) in [5.74, 6) is 0. The van der Waals surface area contributed by atoms with Gasteiger partial charge in [0.1, 0.15) is 22.3 Å². The van der Waals surface area contributed by atoms with Gasteiger partial charge in [0.15, 0.2) is 0 Å². The van der Waals surface area contributed by atoms with Crippen LogP contribution in [-0.4, -0.2) is 6.71 Å². The molecule has 5 heteroatoms. The van der Waals surface area contributed by atoms with Crippen LogP contribution in [0.5, 0.6) is 0 Å². The van der Waals surface area contributed by atoms with Gasteiger partial charge in [-0.3, -0.25) is 0 Å². The third-order valence-corrected chi connectivity index (χ3v) is 11.2. The molecule has 2 aromatic heterocycles. The van der Waals surface area contributed by atoms with E-state index in [1.807, 2.05) is 18.2 Å². The third-order valence-electron chi connectivity index (χ3n) is 11.2. The van der Waals surface area contributed by atoms with Crippen LogP contribution in [0.4, 0.5) is 34.1 Å². The lowest BCUT2D eigenvalue weighted by molar-refractivity contribution is 0.668. The zero-order valence-corrected chi connectivity index (χ0v) is 28.5. The quantitative estimate of drug-likeness (QED) is 0.174. The highest BCUT2D eigenvalue weighted by Gasteiger charge is 2.43. The van der Waals surface area contributed by atoms with E-state index in [2.05, 4.69) is 168 Å². The van der Waals surface area contributed by atoms with Crippen molar-refractivity contribution in [3.8, 4) is 11.1 Å². The highest BCUT2D eigenvalue weighted by molar-refractivity contribution is 7.00. The summed E-state index contributed by atoms with van der Waals surface area (Å²) < 4.78 is 12.6. The van der Waals surface area contributed by atoms with Crippen LogP contribution in [0, 0.1) is 0 Å². The monoisotopic (exact) mass is 676 g/mol. The largest absolute Gasteiger partial charge is 0.456 e. The van der Waals surface area contributed by atoms with Crippen molar-refractivity contribution in [2.75, 3.05) is 9.80 Å². The summed E-state index contributed by atoms with van der Waals surface area (Å²) in [5.41, 5.74) is 16.8. The van der Waals surface area contributed by atoms with Gasteiger partial charge >= 0.3 is 0 Å². The molecule has 10 aromatic rings. The molecule has 0 bridgehead atoms. The molecule has 0 aliphatic carbocycles. The number of hydrogen-bond acceptors (Lipinski definition) is 4. The molecule has 4 heterocycles. The fraction of sp³-hybridized carbons (Fsp3) is 0. The molecule has 0 saturated carbocycles. The topological polar surface area (TPSA) is 32.8 Å². The zero-order chi connectivity index (χ0) is 34.6. The first kappa shape index (κ1) is 28.7. The van der Waals surface area contributed by atoms with Crippen LogP contribution >= 0.6 is 0 Å². The van der Waals surface area contributed by atoms with Crippen molar-refractivity contribution in [1.29, 1.82) is 0 Å². The number of anilines is 6. The summed E-state index contributed by atoms with van der Waals surface area (Å²) in [6.07, 6.45) is 0. The molecule has 246 valence electrons. The summed E-state index contributed by atoms with van der Waals surface area (Å²) in [7, 11) is 0. The SMILES string of the molecule is c1cc(-c2ccc3oc4ccccc4c3c2)cc(N2c3ccccc3B3c4ccccc4N(c4cccc5oc6ccccc6c45)c4cccc2c43)c1. The Morgan fingerprint density at radius 2 is 0.906 bits per heavy atom. The van der Waals surface area contributed by atoms with E-state index in [9.17, 15) is 0 Å². The molecule has 4 nitrogen and oxygen atoms in total. The molecular weight excluding hydrogens is 647 g/mol. The number of para-hydroxylation sites is 4. The summed E-state index contributed by atoms with van der Waals surface area (Å²) in [5, 5.41) is 4.51. The van der Waals surface area contributed by atoms with E-state index < -0.39 is 0 Å². The Balaban J connectivity index is 1.08. The minimum absolute atomic E-state index is 0.0707. The number of fused-ring (bicyclic) bond motifs is 10. The van der Waals surface area contributed by atoms with Crippen LogP contribution in [0.3, 0.4) is 0 Å². The van der Waals surface area contributed by atoms with Crippen LogP contribution in [0.25, 0.3) is 55.0 Å². The van der Waals surface area contributed by atoms with Crippen molar-refractivity contribution in [3.63, 3.8) is 0 Å². The van der Waals surface area contributed by atoms with Crippen LogP contribution in [0.1, 0.15) is 0 Å². The lowest BCUT2D eigenvalue weighted by Gasteiger charge is -2.44. The van der Waals surface area contributed by atoms with Crippen molar-refractivity contribution in [3.05, 3.63) is 176 Å². The van der Waals surface area contributed by atoms with Crippen LogP contribution < -0.4 is 26.2 Å². The van der Waals surface area contributed by atoms with Crippen molar-refractivity contribution in [1.82, 2.24) is 0 Å². The van der Waals surface area contributed by atoms with Gasteiger partial charge in [-0.2, -0.15) is 0 Å². The van der Waals surface area contributed by atoms with E-state index in [0.29, 0.717) is 0 Å². The predicted octanol–water partition coefficient (Wildman–Crippen LogP) is 11.2. The van der Waals surface area contributed by atoms with E-state index in [1.54, 1.807) is 0 Å². The normalized spacial score (nSPS) is 13.2. The zero-order valence-electron chi connectivity index (χ0n) is 28.5. The average Bonchev–Trinajstić information content (AvgIpc) is 3.79. The Kier molecular flexibility index (Phi) is 5.83. The van der Waals surface area contributed by atoms with Gasteiger partial charge in [0, 0.05) is 44.6 Å². The number of furan rings is 2.